The van der Waals surface area contributed by atoms with E-state index in [9.17, 15) is 4.79 Å². The van der Waals surface area contributed by atoms with Crippen LogP contribution in [-0.2, 0) is 20.7 Å². The molecule has 0 aromatic heterocycles. The van der Waals surface area contributed by atoms with Crippen LogP contribution < -0.4 is 4.74 Å². The summed E-state index contributed by atoms with van der Waals surface area (Å²) in [6.45, 7) is 0.796. The molecular formula is C13H15BrO4. The van der Waals surface area contributed by atoms with Gasteiger partial charge in [0, 0.05) is 4.47 Å². The first-order chi connectivity index (χ1) is 8.61. The van der Waals surface area contributed by atoms with Crippen molar-refractivity contribution in [2.45, 2.75) is 6.42 Å². The monoisotopic (exact) mass is 314 g/mol. The van der Waals surface area contributed by atoms with Gasteiger partial charge in [0.15, 0.2) is 0 Å². The van der Waals surface area contributed by atoms with Crippen molar-refractivity contribution >= 4 is 21.9 Å². The highest BCUT2D eigenvalue weighted by atomic mass is 79.9. The fourth-order valence-electron chi connectivity index (χ4n) is 2.11. The van der Waals surface area contributed by atoms with Gasteiger partial charge in [-0.05, 0) is 30.2 Å². The minimum absolute atomic E-state index is 0.226. The van der Waals surface area contributed by atoms with Crippen LogP contribution in [0, 0.1) is 5.41 Å². The molecule has 98 valence electrons. The third-order valence-electron chi connectivity index (χ3n) is 3.15. The van der Waals surface area contributed by atoms with Gasteiger partial charge in [0.1, 0.15) is 11.2 Å². The minimum atomic E-state index is -0.567. The topological polar surface area (TPSA) is 44.8 Å². The smallest absolute Gasteiger partial charge is 0.316 e. The van der Waals surface area contributed by atoms with Gasteiger partial charge in [-0.25, -0.2) is 0 Å². The normalized spacial score (nSPS) is 16.8. The molecule has 0 atom stereocenters. The van der Waals surface area contributed by atoms with Crippen molar-refractivity contribution < 1.29 is 19.0 Å². The van der Waals surface area contributed by atoms with Gasteiger partial charge in [-0.3, -0.25) is 4.79 Å². The maximum absolute atomic E-state index is 11.9. The molecule has 0 aliphatic carbocycles. The molecule has 0 unspecified atom stereocenters. The second kappa shape index (κ2) is 5.28. The van der Waals surface area contributed by atoms with Crippen molar-refractivity contribution in [2.24, 2.45) is 5.41 Å². The number of ether oxygens (including phenoxy) is 3. The zero-order valence-corrected chi connectivity index (χ0v) is 12.0. The zero-order chi connectivity index (χ0) is 13.2. The summed E-state index contributed by atoms with van der Waals surface area (Å²) in [5.41, 5.74) is 0.406. The molecule has 0 saturated carbocycles. The number of esters is 1. The summed E-state index contributed by atoms with van der Waals surface area (Å²) in [5, 5.41) is 0. The van der Waals surface area contributed by atoms with Crippen LogP contribution in [0.15, 0.2) is 22.7 Å². The highest BCUT2D eigenvalue weighted by Gasteiger charge is 2.47. The van der Waals surface area contributed by atoms with Crippen molar-refractivity contribution in [3.8, 4) is 5.75 Å². The zero-order valence-electron chi connectivity index (χ0n) is 10.4. The van der Waals surface area contributed by atoms with E-state index in [0.717, 1.165) is 15.8 Å². The summed E-state index contributed by atoms with van der Waals surface area (Å²) in [7, 11) is 3.02. The number of benzene rings is 1. The predicted molar refractivity (Wildman–Crippen MR) is 69.7 cm³/mol. The van der Waals surface area contributed by atoms with E-state index in [1.165, 1.54) is 7.11 Å². The summed E-state index contributed by atoms with van der Waals surface area (Å²) in [4.78, 5) is 11.9. The third kappa shape index (κ3) is 2.37. The molecule has 1 aliphatic rings. The molecule has 1 saturated heterocycles. The number of hydrogen-bond acceptors (Lipinski definition) is 4. The van der Waals surface area contributed by atoms with Gasteiger partial charge in [-0.2, -0.15) is 0 Å². The maximum atomic E-state index is 11.9. The van der Waals surface area contributed by atoms with E-state index in [-0.39, 0.29) is 5.97 Å². The van der Waals surface area contributed by atoms with Crippen LogP contribution in [0.25, 0.3) is 0 Å². The van der Waals surface area contributed by atoms with Crippen LogP contribution in [0.1, 0.15) is 5.56 Å². The lowest BCUT2D eigenvalue weighted by atomic mass is 9.79. The van der Waals surface area contributed by atoms with Crippen molar-refractivity contribution in [1.29, 1.82) is 0 Å². The molecule has 0 bridgehead atoms. The molecule has 1 aliphatic heterocycles. The van der Waals surface area contributed by atoms with E-state index >= 15 is 0 Å². The highest BCUT2D eigenvalue weighted by molar-refractivity contribution is 9.10. The van der Waals surface area contributed by atoms with E-state index in [1.54, 1.807) is 7.11 Å². The second-order valence-electron chi connectivity index (χ2n) is 4.40. The van der Waals surface area contributed by atoms with Gasteiger partial charge in [-0.15, -0.1) is 0 Å². The average Bonchev–Trinajstić information content (AvgIpc) is 2.33. The fraction of sp³-hybridized carbons (Fsp3) is 0.462. The van der Waals surface area contributed by atoms with Crippen LogP contribution in [0.2, 0.25) is 0 Å². The van der Waals surface area contributed by atoms with Gasteiger partial charge in [0.2, 0.25) is 0 Å². The molecule has 4 nitrogen and oxygen atoms in total. The summed E-state index contributed by atoms with van der Waals surface area (Å²) >= 11 is 3.42. The van der Waals surface area contributed by atoms with Crippen molar-refractivity contribution in [3.05, 3.63) is 28.2 Å². The van der Waals surface area contributed by atoms with Crippen LogP contribution >= 0.6 is 15.9 Å². The predicted octanol–water partition coefficient (Wildman–Crippen LogP) is 2.19. The van der Waals surface area contributed by atoms with E-state index in [2.05, 4.69) is 15.9 Å². The minimum Gasteiger partial charge on any atom is -0.496 e. The van der Waals surface area contributed by atoms with Gasteiger partial charge in [0.05, 0.1) is 27.4 Å². The lowest BCUT2D eigenvalue weighted by Gasteiger charge is -2.38. The number of carbonyl (C=O) groups is 1. The Labute approximate surface area is 114 Å². The number of rotatable bonds is 4. The Kier molecular flexibility index (Phi) is 3.92. The molecule has 0 radical (unpaired) electrons. The van der Waals surface area contributed by atoms with Crippen molar-refractivity contribution in [2.75, 3.05) is 27.4 Å². The Bertz CT molecular complexity index is 454. The number of carbonyl (C=O) groups excluding carboxylic acids is 1. The largest absolute Gasteiger partial charge is 0.496 e. The Balaban J connectivity index is 2.27. The molecule has 0 spiro atoms. The van der Waals surface area contributed by atoms with Crippen LogP contribution in [0.5, 0.6) is 5.75 Å². The first-order valence-corrected chi connectivity index (χ1v) is 6.39. The molecule has 1 aromatic rings. The second-order valence-corrected chi connectivity index (χ2v) is 5.31. The molecule has 5 heteroatoms. The molecule has 1 heterocycles. The van der Waals surface area contributed by atoms with Crippen molar-refractivity contribution in [1.82, 2.24) is 0 Å². The van der Waals surface area contributed by atoms with Crippen LogP contribution in [0.4, 0.5) is 0 Å². The average molecular weight is 315 g/mol. The van der Waals surface area contributed by atoms with Gasteiger partial charge < -0.3 is 14.2 Å². The molecule has 1 aromatic carbocycles. The standard InChI is InChI=1S/C13H15BrO4/c1-16-11-4-3-10(14)5-9(11)6-13(7-18-8-13)12(15)17-2/h3-5H,6-8H2,1-2H3. The summed E-state index contributed by atoms with van der Waals surface area (Å²) in [6.07, 6.45) is 0.558. The maximum Gasteiger partial charge on any atom is 0.316 e. The van der Waals surface area contributed by atoms with Gasteiger partial charge in [-0.1, -0.05) is 15.9 Å². The van der Waals surface area contributed by atoms with Gasteiger partial charge >= 0.3 is 5.97 Å². The number of methoxy groups -OCH3 is 2. The molecule has 2 rings (SSSR count). The lowest BCUT2D eigenvalue weighted by molar-refractivity contribution is -0.182. The Morgan fingerprint density at radius 3 is 2.67 bits per heavy atom. The van der Waals surface area contributed by atoms with E-state index in [1.807, 2.05) is 18.2 Å². The molecule has 0 amide bonds. The highest BCUT2D eigenvalue weighted by Crippen LogP contribution is 2.36. The van der Waals surface area contributed by atoms with Crippen LogP contribution in [-0.4, -0.2) is 33.4 Å². The quantitative estimate of drug-likeness (QED) is 0.799. The molecule has 18 heavy (non-hydrogen) atoms. The summed E-state index contributed by atoms with van der Waals surface area (Å²) in [6, 6.07) is 5.75. The van der Waals surface area contributed by atoms with Gasteiger partial charge in [0.25, 0.3) is 0 Å². The molecular weight excluding hydrogens is 300 g/mol. The molecule has 0 N–H and O–H groups in total. The lowest BCUT2D eigenvalue weighted by Crippen LogP contribution is -2.51. The van der Waals surface area contributed by atoms with E-state index < -0.39 is 5.41 Å². The van der Waals surface area contributed by atoms with Crippen LogP contribution in [0.3, 0.4) is 0 Å². The number of hydrogen-bond donors (Lipinski definition) is 0. The number of halogens is 1. The summed E-state index contributed by atoms with van der Waals surface area (Å²) in [5.74, 6) is 0.546. The Morgan fingerprint density at radius 1 is 1.44 bits per heavy atom. The first-order valence-electron chi connectivity index (χ1n) is 5.60. The van der Waals surface area contributed by atoms with E-state index in [0.29, 0.717) is 19.6 Å². The third-order valence-corrected chi connectivity index (χ3v) is 3.64. The molecule has 1 fully saturated rings. The van der Waals surface area contributed by atoms with Crippen molar-refractivity contribution in [3.63, 3.8) is 0 Å². The summed E-state index contributed by atoms with van der Waals surface area (Å²) < 4.78 is 16.3. The fourth-order valence-corrected chi connectivity index (χ4v) is 2.52. The Morgan fingerprint density at radius 2 is 2.17 bits per heavy atom. The SMILES string of the molecule is COC(=O)C1(Cc2cc(Br)ccc2OC)COC1. The Hall–Kier alpha value is -1.07. The van der Waals surface area contributed by atoms with E-state index in [4.69, 9.17) is 14.2 Å². The first kappa shape index (κ1) is 13.4.